The highest BCUT2D eigenvalue weighted by molar-refractivity contribution is 6.10. The first-order valence-corrected chi connectivity index (χ1v) is 12.3. The van der Waals surface area contributed by atoms with Gasteiger partial charge in [-0.3, -0.25) is 0 Å². The molecule has 3 heteroatoms. The average Bonchev–Trinajstić information content (AvgIpc) is 3.18. The van der Waals surface area contributed by atoms with Crippen molar-refractivity contribution in [3.8, 4) is 5.69 Å². The maximum absolute atomic E-state index is 2.68. The van der Waals surface area contributed by atoms with Crippen LogP contribution >= 0.6 is 0 Å². The molecular weight excluding hydrogens is 414 g/mol. The van der Waals surface area contributed by atoms with E-state index >= 15 is 0 Å². The van der Waals surface area contributed by atoms with Crippen molar-refractivity contribution in [1.29, 1.82) is 0 Å². The van der Waals surface area contributed by atoms with Gasteiger partial charge in [0.1, 0.15) is 0 Å². The standard InChI is InChI=1S/C31H29N3/c1-21-19-30-25(24-13-7-9-15-27(24)33(30)23-11-5-4-6-12-23)20-29(21)34-22(2)32-18-17-31(34,3)26-14-8-10-16-28(26)32/h4-16,19-20,22H,17-18H2,1-3H3. The van der Waals surface area contributed by atoms with Gasteiger partial charge >= 0.3 is 0 Å². The lowest BCUT2D eigenvalue weighted by atomic mass is 9.77. The first kappa shape index (κ1) is 19.7. The summed E-state index contributed by atoms with van der Waals surface area (Å²) in [5, 5.41) is 2.63. The number of para-hydroxylation sites is 3. The summed E-state index contributed by atoms with van der Waals surface area (Å²) in [7, 11) is 0. The van der Waals surface area contributed by atoms with Crippen molar-refractivity contribution in [2.24, 2.45) is 0 Å². The minimum Gasteiger partial charge on any atom is -0.351 e. The van der Waals surface area contributed by atoms with Gasteiger partial charge in [-0.2, -0.15) is 0 Å². The van der Waals surface area contributed by atoms with Crippen LogP contribution in [0.1, 0.15) is 31.4 Å². The fourth-order valence-corrected chi connectivity index (χ4v) is 6.65. The Morgan fingerprint density at radius 2 is 1.50 bits per heavy atom. The molecule has 4 aromatic carbocycles. The van der Waals surface area contributed by atoms with Crippen LogP contribution in [0.15, 0.2) is 91.0 Å². The predicted molar refractivity (Wildman–Crippen MR) is 143 cm³/mol. The van der Waals surface area contributed by atoms with Crippen LogP contribution in [0.4, 0.5) is 11.4 Å². The van der Waals surface area contributed by atoms with E-state index in [-0.39, 0.29) is 5.54 Å². The Bertz CT molecular complexity index is 1560. The molecule has 3 aliphatic rings. The van der Waals surface area contributed by atoms with E-state index in [0.717, 1.165) is 13.0 Å². The van der Waals surface area contributed by atoms with Crippen LogP contribution in [0, 0.1) is 6.92 Å². The number of hydrogen-bond donors (Lipinski definition) is 0. The van der Waals surface area contributed by atoms with Gasteiger partial charge in [0, 0.05) is 39.9 Å². The van der Waals surface area contributed by atoms with Crippen molar-refractivity contribution in [3.63, 3.8) is 0 Å². The van der Waals surface area contributed by atoms with Crippen LogP contribution in [-0.4, -0.2) is 17.3 Å². The second-order valence-corrected chi connectivity index (χ2v) is 10.1. The summed E-state index contributed by atoms with van der Waals surface area (Å²) in [5.41, 5.74) is 9.25. The Morgan fingerprint density at radius 3 is 2.35 bits per heavy atom. The topological polar surface area (TPSA) is 11.4 Å². The summed E-state index contributed by atoms with van der Waals surface area (Å²) in [6, 6.07) is 33.4. The second kappa shape index (κ2) is 6.89. The molecule has 0 spiro atoms. The largest absolute Gasteiger partial charge is 0.351 e. The molecule has 0 N–H and O–H groups in total. The molecule has 2 bridgehead atoms. The molecule has 1 aromatic heterocycles. The van der Waals surface area contributed by atoms with Crippen molar-refractivity contribution in [1.82, 2.24) is 4.57 Å². The van der Waals surface area contributed by atoms with Crippen molar-refractivity contribution in [3.05, 3.63) is 102 Å². The summed E-state index contributed by atoms with van der Waals surface area (Å²) < 4.78 is 2.41. The number of aryl methyl sites for hydroxylation is 1. The van der Waals surface area contributed by atoms with Crippen LogP contribution in [0.3, 0.4) is 0 Å². The Hall–Kier alpha value is -3.72. The Morgan fingerprint density at radius 1 is 0.765 bits per heavy atom. The molecule has 3 nitrogen and oxygen atoms in total. The highest BCUT2D eigenvalue weighted by Crippen LogP contribution is 2.52. The summed E-state index contributed by atoms with van der Waals surface area (Å²) in [5.74, 6) is 0. The van der Waals surface area contributed by atoms with E-state index < -0.39 is 0 Å². The number of fused-ring (bicyclic) bond motifs is 5. The monoisotopic (exact) mass is 443 g/mol. The molecule has 34 heavy (non-hydrogen) atoms. The number of benzene rings is 4. The first-order valence-electron chi connectivity index (χ1n) is 12.3. The van der Waals surface area contributed by atoms with E-state index in [1.54, 1.807) is 0 Å². The van der Waals surface area contributed by atoms with E-state index in [9.17, 15) is 0 Å². The highest BCUT2D eigenvalue weighted by Gasteiger charge is 2.49. The molecule has 1 saturated heterocycles. The van der Waals surface area contributed by atoms with Crippen molar-refractivity contribution in [2.75, 3.05) is 16.3 Å². The third-order valence-electron chi connectivity index (χ3n) is 8.25. The van der Waals surface area contributed by atoms with Crippen LogP contribution < -0.4 is 9.80 Å². The second-order valence-electron chi connectivity index (χ2n) is 10.1. The van der Waals surface area contributed by atoms with Gasteiger partial charge in [0.2, 0.25) is 0 Å². The molecule has 3 aliphatic heterocycles. The quantitative estimate of drug-likeness (QED) is 0.282. The molecule has 0 radical (unpaired) electrons. The number of hydrogen-bond acceptors (Lipinski definition) is 2. The molecule has 4 heterocycles. The molecule has 0 amide bonds. The number of anilines is 2. The number of aromatic nitrogens is 1. The molecule has 5 aromatic rings. The third-order valence-corrected chi connectivity index (χ3v) is 8.25. The van der Waals surface area contributed by atoms with Gasteiger partial charge in [0.25, 0.3) is 0 Å². The predicted octanol–water partition coefficient (Wildman–Crippen LogP) is 7.38. The maximum atomic E-state index is 2.68. The lowest BCUT2D eigenvalue weighted by Crippen LogP contribution is -2.66. The van der Waals surface area contributed by atoms with Gasteiger partial charge in [-0.15, -0.1) is 0 Å². The zero-order chi connectivity index (χ0) is 23.0. The smallest absolute Gasteiger partial charge is 0.0995 e. The normalized spacial score (nSPS) is 21.4. The maximum Gasteiger partial charge on any atom is 0.0995 e. The van der Waals surface area contributed by atoms with Crippen molar-refractivity contribution < 1.29 is 0 Å². The molecule has 168 valence electrons. The SMILES string of the molecule is Cc1cc2c(cc1N1C(C)N3CCC1(C)c1ccccc13)c1ccccc1n2-c1ccccc1. The van der Waals surface area contributed by atoms with Crippen LogP contribution in [-0.2, 0) is 5.54 Å². The lowest BCUT2D eigenvalue weighted by Gasteiger charge is -2.61. The number of rotatable bonds is 2. The van der Waals surface area contributed by atoms with Gasteiger partial charge in [-0.1, -0.05) is 54.6 Å². The van der Waals surface area contributed by atoms with E-state index in [0.29, 0.717) is 6.17 Å². The van der Waals surface area contributed by atoms with Gasteiger partial charge in [0.05, 0.1) is 22.7 Å². The summed E-state index contributed by atoms with van der Waals surface area (Å²) in [4.78, 5) is 5.26. The van der Waals surface area contributed by atoms with Gasteiger partial charge in [-0.05, 0) is 69.2 Å². The third kappa shape index (κ3) is 2.47. The zero-order valence-electron chi connectivity index (χ0n) is 20.0. The van der Waals surface area contributed by atoms with E-state index in [1.807, 2.05) is 0 Å². The zero-order valence-corrected chi connectivity index (χ0v) is 20.0. The average molecular weight is 444 g/mol. The lowest BCUT2D eigenvalue weighted by molar-refractivity contribution is 0.294. The fraction of sp³-hybridized carbons (Fsp3) is 0.226. The molecule has 0 saturated carbocycles. The molecule has 1 fully saturated rings. The van der Waals surface area contributed by atoms with E-state index in [1.165, 1.54) is 50.0 Å². The fourth-order valence-electron chi connectivity index (χ4n) is 6.65. The molecule has 2 atom stereocenters. The first-order chi connectivity index (χ1) is 16.6. The minimum atomic E-state index is -0.0129. The minimum absolute atomic E-state index is 0.0129. The van der Waals surface area contributed by atoms with Crippen LogP contribution in [0.25, 0.3) is 27.5 Å². The molecule has 8 rings (SSSR count). The Kier molecular flexibility index (Phi) is 4.00. The van der Waals surface area contributed by atoms with Crippen LogP contribution in [0.2, 0.25) is 0 Å². The molecule has 0 aliphatic carbocycles. The molecular formula is C31H29N3. The van der Waals surface area contributed by atoms with Gasteiger partial charge in [-0.25, -0.2) is 0 Å². The summed E-state index contributed by atoms with van der Waals surface area (Å²) >= 11 is 0. The summed E-state index contributed by atoms with van der Waals surface area (Å²) in [6.45, 7) is 8.20. The molecule has 2 unspecified atom stereocenters. The Balaban J connectivity index is 1.50. The Labute approximate surface area is 200 Å². The van der Waals surface area contributed by atoms with E-state index in [2.05, 4.69) is 126 Å². The summed E-state index contributed by atoms with van der Waals surface area (Å²) in [6.07, 6.45) is 1.45. The highest BCUT2D eigenvalue weighted by atomic mass is 15.4. The van der Waals surface area contributed by atoms with Crippen molar-refractivity contribution >= 4 is 33.2 Å². The number of nitrogens with zero attached hydrogens (tertiary/aromatic N) is 3. The van der Waals surface area contributed by atoms with Gasteiger partial charge < -0.3 is 14.4 Å². The van der Waals surface area contributed by atoms with Gasteiger partial charge in [0.15, 0.2) is 0 Å². The van der Waals surface area contributed by atoms with Crippen LogP contribution in [0.5, 0.6) is 0 Å². The van der Waals surface area contributed by atoms with Crippen molar-refractivity contribution in [2.45, 2.75) is 38.9 Å². The van der Waals surface area contributed by atoms with E-state index in [4.69, 9.17) is 0 Å².